The van der Waals surface area contributed by atoms with Crippen LogP contribution in [0.4, 0.5) is 0 Å². The summed E-state index contributed by atoms with van der Waals surface area (Å²) in [6, 6.07) is 13.7. The molecular formula is C15H12N2O. The lowest BCUT2D eigenvalue weighted by atomic mass is 10.1. The van der Waals surface area contributed by atoms with E-state index in [1.54, 1.807) is 4.68 Å². The van der Waals surface area contributed by atoms with Crippen LogP contribution in [0.3, 0.4) is 0 Å². The van der Waals surface area contributed by atoms with Gasteiger partial charge in [0.25, 0.3) is 0 Å². The largest absolute Gasteiger partial charge is 0.298 e. The summed E-state index contributed by atoms with van der Waals surface area (Å²) < 4.78 is 1.80. The quantitative estimate of drug-likeness (QED) is 0.641. The molecule has 0 fully saturated rings. The second kappa shape index (κ2) is 4.11. The Kier molecular flexibility index (Phi) is 2.45. The first-order chi connectivity index (χ1) is 8.79. The number of para-hydroxylation sites is 1. The number of aryl methyl sites for hydroxylation is 1. The standard InChI is InChI=1S/C15H12N2O/c1-11-6-7-15(13(8-11)10-18)17-14-5-3-2-4-12(14)9-16-17/h2-10H,1H3. The van der Waals surface area contributed by atoms with E-state index in [2.05, 4.69) is 5.10 Å². The maximum atomic E-state index is 11.2. The van der Waals surface area contributed by atoms with Gasteiger partial charge in [0.05, 0.1) is 17.4 Å². The molecule has 3 nitrogen and oxygen atoms in total. The lowest BCUT2D eigenvalue weighted by Crippen LogP contribution is -2.00. The summed E-state index contributed by atoms with van der Waals surface area (Å²) in [5.41, 5.74) is 3.54. The molecule has 0 N–H and O–H groups in total. The molecule has 0 bridgehead atoms. The van der Waals surface area contributed by atoms with Crippen molar-refractivity contribution in [3.63, 3.8) is 0 Å². The van der Waals surface area contributed by atoms with Crippen LogP contribution >= 0.6 is 0 Å². The van der Waals surface area contributed by atoms with Crippen LogP contribution in [-0.2, 0) is 0 Å². The third kappa shape index (κ3) is 1.61. The minimum Gasteiger partial charge on any atom is -0.298 e. The first-order valence-electron chi connectivity index (χ1n) is 5.78. The number of fused-ring (bicyclic) bond motifs is 1. The molecule has 0 radical (unpaired) electrons. The maximum absolute atomic E-state index is 11.2. The van der Waals surface area contributed by atoms with Gasteiger partial charge in [-0.15, -0.1) is 0 Å². The Balaban J connectivity index is 2.29. The van der Waals surface area contributed by atoms with Crippen molar-refractivity contribution in [1.82, 2.24) is 9.78 Å². The minimum absolute atomic E-state index is 0.656. The van der Waals surface area contributed by atoms with Crippen LogP contribution in [0, 0.1) is 6.92 Å². The fourth-order valence-corrected chi connectivity index (χ4v) is 2.12. The number of carbonyl (C=O) groups excluding carboxylic acids is 1. The average molecular weight is 236 g/mol. The highest BCUT2D eigenvalue weighted by Gasteiger charge is 2.08. The number of aldehydes is 1. The van der Waals surface area contributed by atoms with E-state index in [1.165, 1.54) is 0 Å². The highest BCUT2D eigenvalue weighted by atomic mass is 16.1. The van der Waals surface area contributed by atoms with Crippen molar-refractivity contribution in [1.29, 1.82) is 0 Å². The fourth-order valence-electron chi connectivity index (χ4n) is 2.12. The summed E-state index contributed by atoms with van der Waals surface area (Å²) in [5.74, 6) is 0. The van der Waals surface area contributed by atoms with Crippen molar-refractivity contribution < 1.29 is 4.79 Å². The molecule has 88 valence electrons. The van der Waals surface area contributed by atoms with Crippen LogP contribution in [0.1, 0.15) is 15.9 Å². The number of hydrogen-bond acceptors (Lipinski definition) is 2. The molecule has 0 unspecified atom stereocenters. The zero-order chi connectivity index (χ0) is 12.5. The third-order valence-electron chi connectivity index (χ3n) is 3.02. The van der Waals surface area contributed by atoms with Crippen LogP contribution < -0.4 is 0 Å². The molecule has 0 aliphatic heterocycles. The van der Waals surface area contributed by atoms with Crippen LogP contribution in [0.5, 0.6) is 0 Å². The third-order valence-corrected chi connectivity index (χ3v) is 3.02. The summed E-state index contributed by atoms with van der Waals surface area (Å²) >= 11 is 0. The Morgan fingerprint density at radius 3 is 2.83 bits per heavy atom. The number of benzene rings is 2. The van der Waals surface area contributed by atoms with Gasteiger partial charge in [0.15, 0.2) is 6.29 Å². The van der Waals surface area contributed by atoms with Crippen LogP contribution in [0.25, 0.3) is 16.6 Å². The number of hydrogen-bond donors (Lipinski definition) is 0. The predicted octanol–water partition coefficient (Wildman–Crippen LogP) is 3.15. The van der Waals surface area contributed by atoms with Gasteiger partial charge in [0.1, 0.15) is 0 Å². The van der Waals surface area contributed by atoms with Crippen molar-refractivity contribution in [2.75, 3.05) is 0 Å². The van der Waals surface area contributed by atoms with Crippen molar-refractivity contribution >= 4 is 17.2 Å². The van der Waals surface area contributed by atoms with Crippen molar-refractivity contribution in [2.45, 2.75) is 6.92 Å². The van der Waals surface area contributed by atoms with E-state index in [9.17, 15) is 4.79 Å². The molecule has 0 amide bonds. The molecule has 18 heavy (non-hydrogen) atoms. The molecule has 0 saturated carbocycles. The highest BCUT2D eigenvalue weighted by molar-refractivity contribution is 5.85. The summed E-state index contributed by atoms with van der Waals surface area (Å²) in [7, 11) is 0. The van der Waals surface area contributed by atoms with E-state index in [0.29, 0.717) is 5.56 Å². The van der Waals surface area contributed by atoms with E-state index in [1.807, 2.05) is 55.6 Å². The van der Waals surface area contributed by atoms with Gasteiger partial charge in [-0.25, -0.2) is 4.68 Å². The van der Waals surface area contributed by atoms with E-state index in [4.69, 9.17) is 0 Å². The van der Waals surface area contributed by atoms with Gasteiger partial charge >= 0.3 is 0 Å². The van der Waals surface area contributed by atoms with Gasteiger partial charge in [-0.3, -0.25) is 4.79 Å². The van der Waals surface area contributed by atoms with Gasteiger partial charge in [-0.2, -0.15) is 5.10 Å². The highest BCUT2D eigenvalue weighted by Crippen LogP contribution is 2.20. The van der Waals surface area contributed by atoms with Crippen molar-refractivity contribution in [3.8, 4) is 5.69 Å². The number of carbonyl (C=O) groups is 1. The Bertz CT molecular complexity index is 728. The molecule has 0 aliphatic rings. The maximum Gasteiger partial charge on any atom is 0.152 e. The average Bonchev–Trinajstić information content (AvgIpc) is 2.82. The molecular weight excluding hydrogens is 224 g/mol. The topological polar surface area (TPSA) is 34.9 Å². The van der Waals surface area contributed by atoms with Crippen molar-refractivity contribution in [3.05, 3.63) is 59.8 Å². The molecule has 3 heteroatoms. The number of aromatic nitrogens is 2. The van der Waals surface area contributed by atoms with Gasteiger partial charge < -0.3 is 0 Å². The summed E-state index contributed by atoms with van der Waals surface area (Å²) in [4.78, 5) is 11.2. The van der Waals surface area contributed by atoms with E-state index in [-0.39, 0.29) is 0 Å². The first-order valence-corrected chi connectivity index (χ1v) is 5.78. The van der Waals surface area contributed by atoms with Gasteiger partial charge in [-0.1, -0.05) is 29.8 Å². The molecule has 0 saturated heterocycles. The molecule has 3 aromatic rings. The van der Waals surface area contributed by atoms with Crippen LogP contribution in [0.2, 0.25) is 0 Å². The molecule has 3 rings (SSSR count). The monoisotopic (exact) mass is 236 g/mol. The molecule has 0 atom stereocenters. The smallest absolute Gasteiger partial charge is 0.152 e. The number of rotatable bonds is 2. The minimum atomic E-state index is 0.656. The Hall–Kier alpha value is -2.42. The zero-order valence-electron chi connectivity index (χ0n) is 10.00. The molecule has 2 aromatic carbocycles. The lowest BCUT2D eigenvalue weighted by molar-refractivity contribution is 0.112. The Labute approximate surface area is 105 Å². The summed E-state index contributed by atoms with van der Waals surface area (Å²) in [5, 5.41) is 5.43. The zero-order valence-corrected chi connectivity index (χ0v) is 10.00. The SMILES string of the molecule is Cc1ccc(-n2ncc3ccccc32)c(C=O)c1. The van der Waals surface area contributed by atoms with E-state index in [0.717, 1.165) is 28.4 Å². The van der Waals surface area contributed by atoms with E-state index >= 15 is 0 Å². The second-order valence-corrected chi connectivity index (χ2v) is 4.30. The fraction of sp³-hybridized carbons (Fsp3) is 0.0667. The van der Waals surface area contributed by atoms with Crippen LogP contribution in [0.15, 0.2) is 48.7 Å². The molecule has 0 spiro atoms. The summed E-state index contributed by atoms with van der Waals surface area (Å²) in [6.45, 7) is 1.97. The predicted molar refractivity (Wildman–Crippen MR) is 71.2 cm³/mol. The van der Waals surface area contributed by atoms with Crippen LogP contribution in [-0.4, -0.2) is 16.1 Å². The Morgan fingerprint density at radius 2 is 2.00 bits per heavy atom. The normalized spacial score (nSPS) is 10.7. The van der Waals surface area contributed by atoms with Gasteiger partial charge in [0, 0.05) is 10.9 Å². The lowest BCUT2D eigenvalue weighted by Gasteiger charge is -2.07. The first kappa shape index (κ1) is 10.7. The second-order valence-electron chi connectivity index (χ2n) is 4.30. The summed E-state index contributed by atoms with van der Waals surface area (Å²) in [6.07, 6.45) is 2.68. The van der Waals surface area contributed by atoms with Crippen molar-refractivity contribution in [2.24, 2.45) is 0 Å². The molecule has 1 aromatic heterocycles. The number of nitrogens with zero attached hydrogens (tertiary/aromatic N) is 2. The molecule has 1 heterocycles. The van der Waals surface area contributed by atoms with Gasteiger partial charge in [-0.05, 0) is 25.1 Å². The molecule has 0 aliphatic carbocycles. The van der Waals surface area contributed by atoms with Gasteiger partial charge in [0.2, 0.25) is 0 Å². The van der Waals surface area contributed by atoms with E-state index < -0.39 is 0 Å². The Morgan fingerprint density at radius 1 is 1.17 bits per heavy atom.